The van der Waals surface area contributed by atoms with Crippen LogP contribution in [0.2, 0.25) is 0 Å². The minimum atomic E-state index is 0.324. The number of hydrogen-bond acceptors (Lipinski definition) is 2. The highest BCUT2D eigenvalue weighted by Gasteiger charge is 2.05. The van der Waals surface area contributed by atoms with Gasteiger partial charge in [0.1, 0.15) is 0 Å². The highest BCUT2D eigenvalue weighted by atomic mass is 16.2. The molecular weight excluding hydrogens is 138 g/mol. The van der Waals surface area contributed by atoms with Crippen LogP contribution in [-0.4, -0.2) is 18.3 Å². The molecule has 0 amide bonds. The fourth-order valence-corrected chi connectivity index (χ4v) is 1.46. The van der Waals surface area contributed by atoms with E-state index in [1.165, 1.54) is 12.8 Å². The zero-order valence-electron chi connectivity index (χ0n) is 7.55. The van der Waals surface area contributed by atoms with Gasteiger partial charge in [0.15, 0.2) is 0 Å². The van der Waals surface area contributed by atoms with Crippen molar-refractivity contribution >= 4 is 0 Å². The van der Waals surface area contributed by atoms with Gasteiger partial charge in [0.05, 0.1) is 0 Å². The molecule has 3 N–H and O–H groups in total. The molecular formula is C9H21NO. The molecule has 0 aromatic heterocycles. The van der Waals surface area contributed by atoms with Gasteiger partial charge in [0.25, 0.3) is 0 Å². The summed E-state index contributed by atoms with van der Waals surface area (Å²) in [6.45, 7) is 3.31. The molecule has 0 fully saturated rings. The lowest BCUT2D eigenvalue weighted by Gasteiger charge is -2.13. The molecule has 2 heteroatoms. The van der Waals surface area contributed by atoms with Gasteiger partial charge >= 0.3 is 0 Å². The predicted molar refractivity (Wildman–Crippen MR) is 48.4 cm³/mol. The maximum atomic E-state index is 8.62. The van der Waals surface area contributed by atoms with Gasteiger partial charge in [-0.15, -0.1) is 0 Å². The van der Waals surface area contributed by atoms with Crippen LogP contribution < -0.4 is 5.73 Å². The van der Waals surface area contributed by atoms with E-state index in [2.05, 4.69) is 6.92 Å². The summed E-state index contributed by atoms with van der Waals surface area (Å²) in [6.07, 6.45) is 5.69. The Bertz CT molecular complexity index is 70.0. The fourth-order valence-electron chi connectivity index (χ4n) is 1.46. The summed E-state index contributed by atoms with van der Waals surface area (Å²) in [5.41, 5.74) is 5.47. The molecule has 0 heterocycles. The molecule has 0 aliphatic heterocycles. The smallest absolute Gasteiger partial charge is 0.0431 e. The predicted octanol–water partition coefficient (Wildman–Crippen LogP) is 1.52. The lowest BCUT2D eigenvalue weighted by molar-refractivity contribution is 0.265. The first-order valence-electron chi connectivity index (χ1n) is 4.66. The van der Waals surface area contributed by atoms with Crippen molar-refractivity contribution in [1.29, 1.82) is 0 Å². The molecule has 0 aromatic carbocycles. The second kappa shape index (κ2) is 8.02. The highest BCUT2D eigenvalue weighted by molar-refractivity contribution is 4.59. The molecule has 0 radical (unpaired) electrons. The summed E-state index contributed by atoms with van der Waals surface area (Å²) in [5.74, 6) is 0.747. The van der Waals surface area contributed by atoms with Crippen LogP contribution in [0.1, 0.15) is 39.0 Å². The van der Waals surface area contributed by atoms with Crippen LogP contribution in [0.15, 0.2) is 0 Å². The maximum Gasteiger partial charge on any atom is 0.0431 e. The summed E-state index contributed by atoms with van der Waals surface area (Å²) in [4.78, 5) is 0. The van der Waals surface area contributed by atoms with Crippen molar-refractivity contribution < 1.29 is 5.11 Å². The molecule has 0 aliphatic rings. The summed E-state index contributed by atoms with van der Waals surface area (Å²) in [6, 6.07) is 0. The number of aliphatic hydroxyl groups is 1. The average molecular weight is 159 g/mol. The molecule has 68 valence electrons. The fraction of sp³-hybridized carbons (Fsp3) is 1.00. The van der Waals surface area contributed by atoms with Gasteiger partial charge in [-0.3, -0.25) is 0 Å². The second-order valence-corrected chi connectivity index (χ2v) is 3.10. The molecule has 0 aromatic rings. The van der Waals surface area contributed by atoms with E-state index in [0.29, 0.717) is 6.61 Å². The molecule has 0 aliphatic carbocycles. The first kappa shape index (κ1) is 10.9. The largest absolute Gasteiger partial charge is 0.396 e. The van der Waals surface area contributed by atoms with E-state index >= 15 is 0 Å². The summed E-state index contributed by atoms with van der Waals surface area (Å²) in [5, 5.41) is 8.62. The highest BCUT2D eigenvalue weighted by Crippen LogP contribution is 2.16. The SMILES string of the molecule is CCCC(CCN)CCCO. The van der Waals surface area contributed by atoms with Gasteiger partial charge in [-0.25, -0.2) is 0 Å². The van der Waals surface area contributed by atoms with E-state index in [1.807, 2.05) is 0 Å². The van der Waals surface area contributed by atoms with Crippen LogP contribution in [0.25, 0.3) is 0 Å². The molecule has 2 nitrogen and oxygen atoms in total. The van der Waals surface area contributed by atoms with E-state index in [-0.39, 0.29) is 0 Å². The van der Waals surface area contributed by atoms with Gasteiger partial charge < -0.3 is 10.8 Å². The standard InChI is InChI=1S/C9H21NO/c1-2-4-9(6-7-10)5-3-8-11/h9,11H,2-8,10H2,1H3. The Hall–Kier alpha value is -0.0800. The Kier molecular flexibility index (Phi) is 7.96. The van der Waals surface area contributed by atoms with Gasteiger partial charge in [-0.1, -0.05) is 19.8 Å². The van der Waals surface area contributed by atoms with E-state index in [0.717, 1.165) is 31.7 Å². The van der Waals surface area contributed by atoms with Crippen molar-refractivity contribution in [2.75, 3.05) is 13.2 Å². The van der Waals surface area contributed by atoms with Gasteiger partial charge in [0, 0.05) is 6.61 Å². The van der Waals surface area contributed by atoms with Crippen molar-refractivity contribution in [2.45, 2.75) is 39.0 Å². The lowest BCUT2D eigenvalue weighted by Crippen LogP contribution is -2.09. The third kappa shape index (κ3) is 6.32. The number of aliphatic hydroxyl groups excluding tert-OH is 1. The molecule has 1 atom stereocenters. The molecule has 11 heavy (non-hydrogen) atoms. The zero-order chi connectivity index (χ0) is 8.53. The third-order valence-corrected chi connectivity index (χ3v) is 2.04. The van der Waals surface area contributed by atoms with Gasteiger partial charge in [0.2, 0.25) is 0 Å². The minimum absolute atomic E-state index is 0.324. The van der Waals surface area contributed by atoms with E-state index in [4.69, 9.17) is 10.8 Å². The van der Waals surface area contributed by atoms with Crippen molar-refractivity contribution in [3.05, 3.63) is 0 Å². The van der Waals surface area contributed by atoms with Gasteiger partial charge in [-0.2, -0.15) is 0 Å². The zero-order valence-corrected chi connectivity index (χ0v) is 7.55. The van der Waals surface area contributed by atoms with Crippen molar-refractivity contribution in [3.63, 3.8) is 0 Å². The minimum Gasteiger partial charge on any atom is -0.396 e. The van der Waals surface area contributed by atoms with Crippen LogP contribution in [-0.2, 0) is 0 Å². The first-order chi connectivity index (χ1) is 5.35. The molecule has 0 saturated carbocycles. The monoisotopic (exact) mass is 159 g/mol. The van der Waals surface area contributed by atoms with E-state index in [1.54, 1.807) is 0 Å². The number of hydrogen-bond donors (Lipinski definition) is 2. The van der Waals surface area contributed by atoms with Crippen LogP contribution in [0, 0.1) is 5.92 Å². The van der Waals surface area contributed by atoms with Crippen molar-refractivity contribution in [3.8, 4) is 0 Å². The summed E-state index contributed by atoms with van der Waals surface area (Å²) in [7, 11) is 0. The normalized spacial score (nSPS) is 13.4. The van der Waals surface area contributed by atoms with Crippen molar-refractivity contribution in [2.24, 2.45) is 11.7 Å². The molecule has 0 rings (SSSR count). The van der Waals surface area contributed by atoms with Gasteiger partial charge in [-0.05, 0) is 31.7 Å². The first-order valence-corrected chi connectivity index (χ1v) is 4.66. The molecule has 0 bridgehead atoms. The summed E-state index contributed by atoms with van der Waals surface area (Å²) < 4.78 is 0. The topological polar surface area (TPSA) is 46.2 Å². The number of nitrogens with two attached hydrogens (primary N) is 1. The number of rotatable bonds is 7. The van der Waals surface area contributed by atoms with Crippen LogP contribution in [0.4, 0.5) is 0 Å². The second-order valence-electron chi connectivity index (χ2n) is 3.10. The summed E-state index contributed by atoms with van der Waals surface area (Å²) >= 11 is 0. The lowest BCUT2D eigenvalue weighted by atomic mass is 9.95. The van der Waals surface area contributed by atoms with Crippen LogP contribution in [0.3, 0.4) is 0 Å². The van der Waals surface area contributed by atoms with Crippen molar-refractivity contribution in [1.82, 2.24) is 0 Å². The molecule has 1 unspecified atom stereocenters. The van der Waals surface area contributed by atoms with Crippen LogP contribution in [0.5, 0.6) is 0 Å². The maximum absolute atomic E-state index is 8.62. The molecule has 0 saturated heterocycles. The van der Waals surface area contributed by atoms with E-state index in [9.17, 15) is 0 Å². The molecule has 0 spiro atoms. The Labute approximate surface area is 69.8 Å². The quantitative estimate of drug-likeness (QED) is 0.591. The van der Waals surface area contributed by atoms with Crippen LogP contribution >= 0.6 is 0 Å². The average Bonchev–Trinajstić information content (AvgIpc) is 2.01. The Morgan fingerprint density at radius 2 is 2.00 bits per heavy atom. The third-order valence-electron chi connectivity index (χ3n) is 2.04. The Morgan fingerprint density at radius 1 is 1.27 bits per heavy atom. The Morgan fingerprint density at radius 3 is 2.45 bits per heavy atom. The van der Waals surface area contributed by atoms with E-state index < -0.39 is 0 Å². The Balaban J connectivity index is 3.34.